The molecule has 1 unspecified atom stereocenters. The monoisotopic (exact) mass is 244 g/mol. The van der Waals surface area contributed by atoms with Crippen molar-refractivity contribution < 1.29 is 5.11 Å². The molecule has 0 saturated carbocycles. The Morgan fingerprint density at radius 2 is 2.33 bits per heavy atom. The van der Waals surface area contributed by atoms with Gasteiger partial charge in [0, 0.05) is 13.0 Å². The van der Waals surface area contributed by atoms with Crippen molar-refractivity contribution in [2.45, 2.75) is 31.8 Å². The van der Waals surface area contributed by atoms with Crippen LogP contribution in [0.25, 0.3) is 0 Å². The molecule has 1 aromatic carbocycles. The van der Waals surface area contributed by atoms with E-state index in [-0.39, 0.29) is 11.8 Å². The van der Waals surface area contributed by atoms with Gasteiger partial charge in [-0.3, -0.25) is 0 Å². The molecule has 18 heavy (non-hydrogen) atoms. The van der Waals surface area contributed by atoms with E-state index in [4.69, 9.17) is 5.73 Å². The second kappa shape index (κ2) is 4.42. The van der Waals surface area contributed by atoms with E-state index in [0.29, 0.717) is 6.42 Å². The van der Waals surface area contributed by atoms with Crippen LogP contribution in [-0.4, -0.2) is 19.9 Å². The first-order valence-corrected chi connectivity index (χ1v) is 6.19. The Labute approximate surface area is 105 Å². The maximum Gasteiger partial charge on any atom is 0.155 e. The van der Waals surface area contributed by atoms with Gasteiger partial charge in [0.2, 0.25) is 0 Å². The Kier molecular flexibility index (Phi) is 2.76. The minimum atomic E-state index is 0.00387. The molecule has 1 aromatic heterocycles. The van der Waals surface area contributed by atoms with Crippen LogP contribution in [0.2, 0.25) is 0 Å². The van der Waals surface area contributed by atoms with Gasteiger partial charge in [-0.05, 0) is 30.5 Å². The van der Waals surface area contributed by atoms with Crippen LogP contribution in [0.3, 0.4) is 0 Å². The van der Waals surface area contributed by atoms with Crippen LogP contribution < -0.4 is 5.73 Å². The molecule has 1 atom stereocenters. The first kappa shape index (κ1) is 11.2. The molecule has 2 heterocycles. The smallest absolute Gasteiger partial charge is 0.155 e. The molecule has 94 valence electrons. The van der Waals surface area contributed by atoms with Gasteiger partial charge in [0.15, 0.2) is 5.82 Å². The predicted octanol–water partition coefficient (Wildman–Crippen LogP) is 1.37. The number of aromatic nitrogens is 3. The summed E-state index contributed by atoms with van der Waals surface area (Å²) in [5.74, 6) is 1.93. The van der Waals surface area contributed by atoms with Gasteiger partial charge in [-0.15, -0.1) is 0 Å². The largest absolute Gasteiger partial charge is 0.508 e. The highest BCUT2D eigenvalue weighted by atomic mass is 16.3. The van der Waals surface area contributed by atoms with Crippen LogP contribution in [0.1, 0.15) is 36.1 Å². The number of hydrogen-bond donors (Lipinski definition) is 2. The van der Waals surface area contributed by atoms with E-state index < -0.39 is 0 Å². The van der Waals surface area contributed by atoms with E-state index in [9.17, 15) is 5.11 Å². The van der Waals surface area contributed by atoms with E-state index in [1.54, 1.807) is 12.1 Å². The number of hydrogen-bond acceptors (Lipinski definition) is 4. The summed E-state index contributed by atoms with van der Waals surface area (Å²) in [5.41, 5.74) is 7.02. The summed E-state index contributed by atoms with van der Waals surface area (Å²) in [6.07, 6.45) is 2.66. The Morgan fingerprint density at radius 1 is 1.44 bits per heavy atom. The molecular formula is C13H16N4O. The average molecular weight is 244 g/mol. The molecule has 5 nitrogen and oxygen atoms in total. The molecule has 0 bridgehead atoms. The molecule has 3 N–H and O–H groups in total. The summed E-state index contributed by atoms with van der Waals surface area (Å²) in [5, 5.41) is 13.9. The van der Waals surface area contributed by atoms with E-state index in [1.807, 2.05) is 16.8 Å². The van der Waals surface area contributed by atoms with Crippen LogP contribution in [-0.2, 0) is 13.0 Å². The van der Waals surface area contributed by atoms with E-state index in [1.165, 1.54) is 0 Å². The molecule has 5 heteroatoms. The van der Waals surface area contributed by atoms with Crippen LogP contribution >= 0.6 is 0 Å². The Balaban J connectivity index is 1.85. The highest BCUT2D eigenvalue weighted by molar-refractivity contribution is 5.29. The third-order valence-electron chi connectivity index (χ3n) is 3.23. The van der Waals surface area contributed by atoms with Gasteiger partial charge in [-0.1, -0.05) is 12.1 Å². The summed E-state index contributed by atoms with van der Waals surface area (Å²) < 4.78 is 1.91. The maximum atomic E-state index is 9.43. The summed E-state index contributed by atoms with van der Waals surface area (Å²) in [4.78, 5) is 4.50. The van der Waals surface area contributed by atoms with E-state index in [0.717, 1.165) is 36.6 Å². The number of phenols is 1. The molecule has 1 aliphatic rings. The molecule has 3 rings (SSSR count). The number of fused-ring (bicyclic) bond motifs is 1. The van der Waals surface area contributed by atoms with Gasteiger partial charge in [0.1, 0.15) is 11.6 Å². The number of nitrogens with two attached hydrogens (primary N) is 1. The number of aromatic hydroxyl groups is 1. The zero-order valence-electron chi connectivity index (χ0n) is 10.1. The fourth-order valence-corrected chi connectivity index (χ4v) is 2.36. The Hall–Kier alpha value is -1.88. The quantitative estimate of drug-likeness (QED) is 0.836. The summed E-state index contributed by atoms with van der Waals surface area (Å²) >= 11 is 0. The van der Waals surface area contributed by atoms with Crippen molar-refractivity contribution in [1.82, 2.24) is 14.8 Å². The second-order valence-corrected chi connectivity index (χ2v) is 4.70. The molecule has 1 aliphatic heterocycles. The van der Waals surface area contributed by atoms with E-state index >= 15 is 0 Å². The lowest BCUT2D eigenvalue weighted by Gasteiger charge is -2.17. The SMILES string of the molecule is NC1CCCn2nc(Cc3cccc(O)c3)nc21. The minimum Gasteiger partial charge on any atom is -0.508 e. The lowest BCUT2D eigenvalue weighted by atomic mass is 10.1. The first-order valence-electron chi connectivity index (χ1n) is 6.19. The van der Waals surface area contributed by atoms with Crippen molar-refractivity contribution in [2.24, 2.45) is 5.73 Å². The third-order valence-corrected chi connectivity index (χ3v) is 3.23. The molecular weight excluding hydrogens is 228 g/mol. The van der Waals surface area contributed by atoms with E-state index in [2.05, 4.69) is 10.1 Å². The van der Waals surface area contributed by atoms with Gasteiger partial charge in [0.25, 0.3) is 0 Å². The zero-order chi connectivity index (χ0) is 12.5. The molecule has 2 aromatic rings. The molecule has 0 spiro atoms. The fraction of sp³-hybridized carbons (Fsp3) is 0.385. The highest BCUT2D eigenvalue weighted by Gasteiger charge is 2.20. The third kappa shape index (κ3) is 2.09. The minimum absolute atomic E-state index is 0.00387. The van der Waals surface area contributed by atoms with Crippen LogP contribution in [0.5, 0.6) is 5.75 Å². The van der Waals surface area contributed by atoms with Crippen LogP contribution in [0.15, 0.2) is 24.3 Å². The van der Waals surface area contributed by atoms with Crippen molar-refractivity contribution in [3.63, 3.8) is 0 Å². The number of phenolic OH excluding ortho intramolecular Hbond substituents is 1. The molecule has 0 fully saturated rings. The summed E-state index contributed by atoms with van der Waals surface area (Å²) in [6.45, 7) is 0.899. The Morgan fingerprint density at radius 3 is 3.11 bits per heavy atom. The molecule has 0 aliphatic carbocycles. The molecule has 0 amide bonds. The zero-order valence-corrected chi connectivity index (χ0v) is 10.1. The maximum absolute atomic E-state index is 9.43. The molecule has 0 radical (unpaired) electrons. The van der Waals surface area contributed by atoms with Gasteiger partial charge in [-0.2, -0.15) is 5.10 Å². The first-order chi connectivity index (χ1) is 8.72. The van der Waals surface area contributed by atoms with Crippen LogP contribution in [0, 0.1) is 0 Å². The molecule has 0 saturated heterocycles. The topological polar surface area (TPSA) is 77.0 Å². The lowest BCUT2D eigenvalue weighted by molar-refractivity contribution is 0.421. The fourth-order valence-electron chi connectivity index (χ4n) is 2.36. The standard InChI is InChI=1S/C13H16N4O/c14-11-5-2-6-17-13(11)15-12(16-17)8-9-3-1-4-10(18)7-9/h1,3-4,7,11,18H,2,5-6,8,14H2. The highest BCUT2D eigenvalue weighted by Crippen LogP contribution is 2.21. The lowest BCUT2D eigenvalue weighted by Crippen LogP contribution is -2.22. The van der Waals surface area contributed by atoms with Crippen molar-refractivity contribution in [3.05, 3.63) is 41.5 Å². The van der Waals surface area contributed by atoms with Gasteiger partial charge < -0.3 is 10.8 Å². The van der Waals surface area contributed by atoms with Gasteiger partial charge in [-0.25, -0.2) is 9.67 Å². The van der Waals surface area contributed by atoms with Gasteiger partial charge >= 0.3 is 0 Å². The predicted molar refractivity (Wildman–Crippen MR) is 67.1 cm³/mol. The Bertz CT molecular complexity index is 564. The van der Waals surface area contributed by atoms with Gasteiger partial charge in [0.05, 0.1) is 6.04 Å². The van der Waals surface area contributed by atoms with Crippen molar-refractivity contribution >= 4 is 0 Å². The van der Waals surface area contributed by atoms with Crippen molar-refractivity contribution in [3.8, 4) is 5.75 Å². The average Bonchev–Trinajstić information content (AvgIpc) is 2.73. The number of rotatable bonds is 2. The normalized spacial score (nSPS) is 18.6. The van der Waals surface area contributed by atoms with Crippen molar-refractivity contribution in [2.75, 3.05) is 0 Å². The number of aryl methyl sites for hydroxylation is 1. The summed E-state index contributed by atoms with van der Waals surface area (Å²) in [6, 6.07) is 7.18. The van der Waals surface area contributed by atoms with Crippen LogP contribution in [0.4, 0.5) is 0 Å². The number of benzene rings is 1. The van der Waals surface area contributed by atoms with Crippen molar-refractivity contribution in [1.29, 1.82) is 0 Å². The summed E-state index contributed by atoms with van der Waals surface area (Å²) in [7, 11) is 0. The number of nitrogens with zero attached hydrogens (tertiary/aromatic N) is 3. The second-order valence-electron chi connectivity index (χ2n) is 4.70.